The number of allylic oxidation sites excluding steroid dienone is 1. The van der Waals surface area contributed by atoms with Crippen LogP contribution in [0.5, 0.6) is 0 Å². The number of alkyl halides is 2. The Bertz CT molecular complexity index is 614. The molecule has 1 aliphatic carbocycles. The van der Waals surface area contributed by atoms with Crippen molar-refractivity contribution in [2.24, 2.45) is 26.8 Å². The maximum Gasteiger partial charge on any atom is 0.248 e. The number of hydrogen-bond donors (Lipinski definition) is 1. The standard InChI is InChI=1S/C17H28F2N2.C7H13N.C2H5N/c1-3-5-7-13(6-4-2)15-12-20-16(21-15)14-8-10-17(18,19)11-9-14;1-6(2)4-5-7(3)8;1-3-2/h13-14H,3-12H2,1-2H3;8H,1,4-5H2,2-3H3;1H2,2H3. The van der Waals surface area contributed by atoms with Gasteiger partial charge in [0.25, 0.3) is 0 Å². The lowest BCUT2D eigenvalue weighted by atomic mass is 9.86. The minimum Gasteiger partial charge on any atom is -0.310 e. The van der Waals surface area contributed by atoms with Crippen molar-refractivity contribution in [3.05, 3.63) is 12.2 Å². The minimum absolute atomic E-state index is 0.00420. The van der Waals surface area contributed by atoms with Crippen LogP contribution in [0.25, 0.3) is 0 Å². The predicted octanol–water partition coefficient (Wildman–Crippen LogP) is 7.97. The molecule has 1 fully saturated rings. The van der Waals surface area contributed by atoms with Gasteiger partial charge in [-0.1, -0.05) is 38.7 Å². The fourth-order valence-electron chi connectivity index (χ4n) is 3.80. The first-order valence-electron chi connectivity index (χ1n) is 12.1. The van der Waals surface area contributed by atoms with E-state index >= 15 is 0 Å². The molecule has 0 bridgehead atoms. The van der Waals surface area contributed by atoms with Gasteiger partial charge in [-0.15, -0.1) is 6.58 Å². The molecule has 1 saturated carbocycles. The zero-order valence-electron chi connectivity index (χ0n) is 21.2. The number of amidine groups is 1. The third kappa shape index (κ3) is 13.6. The zero-order valence-corrected chi connectivity index (χ0v) is 21.2. The number of rotatable bonds is 10. The number of nitrogens with one attached hydrogen (secondary N) is 1. The third-order valence-corrected chi connectivity index (χ3v) is 5.68. The highest BCUT2D eigenvalue weighted by atomic mass is 19.3. The van der Waals surface area contributed by atoms with E-state index in [0.717, 1.165) is 30.0 Å². The topological polar surface area (TPSA) is 60.9 Å². The van der Waals surface area contributed by atoms with Crippen molar-refractivity contribution in [3.63, 3.8) is 0 Å². The van der Waals surface area contributed by atoms with Crippen LogP contribution in [-0.2, 0) is 0 Å². The van der Waals surface area contributed by atoms with Crippen molar-refractivity contribution in [3.8, 4) is 0 Å². The normalized spacial score (nSPS) is 18.2. The van der Waals surface area contributed by atoms with E-state index in [9.17, 15) is 8.78 Å². The molecular weight excluding hydrogens is 406 g/mol. The first-order valence-corrected chi connectivity index (χ1v) is 12.1. The van der Waals surface area contributed by atoms with Gasteiger partial charge >= 0.3 is 0 Å². The van der Waals surface area contributed by atoms with Crippen molar-refractivity contribution < 1.29 is 8.78 Å². The van der Waals surface area contributed by atoms with Crippen LogP contribution in [-0.4, -0.2) is 43.5 Å². The first-order chi connectivity index (χ1) is 15.1. The van der Waals surface area contributed by atoms with Gasteiger partial charge in [0, 0.05) is 37.2 Å². The Morgan fingerprint density at radius 3 is 2.19 bits per heavy atom. The Labute approximate surface area is 195 Å². The lowest BCUT2D eigenvalue weighted by molar-refractivity contribution is -0.0394. The van der Waals surface area contributed by atoms with Gasteiger partial charge in [-0.25, -0.2) is 13.8 Å². The Kier molecular flexibility index (Phi) is 15.9. The highest BCUT2D eigenvalue weighted by Crippen LogP contribution is 2.37. The summed E-state index contributed by atoms with van der Waals surface area (Å²) < 4.78 is 26.5. The van der Waals surface area contributed by atoms with Gasteiger partial charge in [0.15, 0.2) is 0 Å². The summed E-state index contributed by atoms with van der Waals surface area (Å²) in [6, 6.07) is 0. The number of aliphatic imine (C=N–C) groups is 3. The molecule has 1 atom stereocenters. The largest absolute Gasteiger partial charge is 0.310 e. The van der Waals surface area contributed by atoms with Gasteiger partial charge < -0.3 is 10.4 Å². The van der Waals surface area contributed by atoms with Crippen LogP contribution in [0.3, 0.4) is 0 Å². The average Bonchev–Trinajstić information content (AvgIpc) is 3.20. The Balaban J connectivity index is 0.000000732. The van der Waals surface area contributed by atoms with Crippen LogP contribution in [0.15, 0.2) is 27.1 Å². The molecule has 0 saturated heterocycles. The summed E-state index contributed by atoms with van der Waals surface area (Å²) in [5.74, 6) is -0.899. The molecule has 0 aromatic carbocycles. The minimum atomic E-state index is -2.46. The molecule has 0 amide bonds. The predicted molar refractivity (Wildman–Crippen MR) is 137 cm³/mol. The van der Waals surface area contributed by atoms with E-state index in [1.54, 1.807) is 7.05 Å². The molecule has 184 valence electrons. The van der Waals surface area contributed by atoms with Crippen LogP contribution in [0.2, 0.25) is 0 Å². The van der Waals surface area contributed by atoms with E-state index in [-0.39, 0.29) is 18.8 Å². The van der Waals surface area contributed by atoms with E-state index in [0.29, 0.717) is 25.3 Å². The maximum absolute atomic E-state index is 13.2. The summed E-state index contributed by atoms with van der Waals surface area (Å²) >= 11 is 0. The van der Waals surface area contributed by atoms with E-state index in [1.165, 1.54) is 37.8 Å². The highest BCUT2D eigenvalue weighted by molar-refractivity contribution is 6.05. The number of halogens is 2. The Morgan fingerprint density at radius 1 is 1.16 bits per heavy atom. The molecule has 2 rings (SSSR count). The molecule has 4 nitrogen and oxygen atoms in total. The van der Waals surface area contributed by atoms with Gasteiger partial charge in [-0.2, -0.15) is 0 Å². The van der Waals surface area contributed by atoms with Gasteiger partial charge in [0.05, 0.1) is 6.54 Å². The highest BCUT2D eigenvalue weighted by Gasteiger charge is 2.37. The van der Waals surface area contributed by atoms with Crippen molar-refractivity contribution in [2.75, 3.05) is 13.6 Å². The Morgan fingerprint density at radius 2 is 1.75 bits per heavy atom. The van der Waals surface area contributed by atoms with E-state index in [4.69, 9.17) is 10.4 Å². The van der Waals surface area contributed by atoms with Crippen molar-refractivity contribution in [2.45, 2.75) is 104 Å². The summed E-state index contributed by atoms with van der Waals surface area (Å²) in [7, 11) is 1.64. The maximum atomic E-state index is 13.2. The molecule has 1 heterocycles. The van der Waals surface area contributed by atoms with Crippen LogP contribution < -0.4 is 0 Å². The van der Waals surface area contributed by atoms with Crippen molar-refractivity contribution in [1.29, 1.82) is 5.41 Å². The number of unbranched alkanes of at least 4 members (excludes halogenated alkanes) is 1. The first kappa shape index (κ1) is 30.3. The average molecular weight is 453 g/mol. The van der Waals surface area contributed by atoms with Crippen molar-refractivity contribution in [1.82, 2.24) is 0 Å². The van der Waals surface area contributed by atoms with Crippen LogP contribution in [0, 0.1) is 17.2 Å². The fourth-order valence-corrected chi connectivity index (χ4v) is 3.80. The molecule has 1 unspecified atom stereocenters. The SMILES string of the molecule is C=C(C)CCC(C)=N.C=NC.CCCCC(CCC)C1=NC(C2CCC(F)(F)CC2)=NC1. The second-order valence-electron chi connectivity index (χ2n) is 9.09. The number of nitrogens with zero attached hydrogens (tertiary/aromatic N) is 3. The molecule has 32 heavy (non-hydrogen) atoms. The molecule has 2 aliphatic rings. The summed E-state index contributed by atoms with van der Waals surface area (Å²) in [6.07, 6.45) is 8.87. The van der Waals surface area contributed by atoms with Gasteiger partial charge in [0.2, 0.25) is 5.92 Å². The van der Waals surface area contributed by atoms with E-state index in [1.807, 2.05) is 13.8 Å². The van der Waals surface area contributed by atoms with E-state index in [2.05, 4.69) is 37.1 Å². The molecular formula is C26H46F2N4. The Hall–Kier alpha value is -1.72. The summed E-state index contributed by atoms with van der Waals surface area (Å²) in [4.78, 5) is 12.6. The molecule has 1 N–H and O–H groups in total. The molecule has 0 spiro atoms. The second kappa shape index (κ2) is 16.8. The fraction of sp³-hybridized carbons (Fsp3) is 0.769. The smallest absolute Gasteiger partial charge is 0.248 e. The molecule has 0 aromatic rings. The molecule has 1 aliphatic heterocycles. The van der Waals surface area contributed by atoms with Crippen LogP contribution in [0.4, 0.5) is 8.78 Å². The van der Waals surface area contributed by atoms with Crippen LogP contribution in [0.1, 0.15) is 98.3 Å². The zero-order chi connectivity index (χ0) is 24.6. The van der Waals surface area contributed by atoms with Gasteiger partial charge in [-0.3, -0.25) is 4.99 Å². The molecule has 6 heteroatoms. The quantitative estimate of drug-likeness (QED) is 0.258. The third-order valence-electron chi connectivity index (χ3n) is 5.68. The monoisotopic (exact) mass is 452 g/mol. The van der Waals surface area contributed by atoms with E-state index < -0.39 is 5.92 Å². The second-order valence-corrected chi connectivity index (χ2v) is 9.09. The van der Waals surface area contributed by atoms with Crippen LogP contribution >= 0.6 is 0 Å². The van der Waals surface area contributed by atoms with Gasteiger partial charge in [0.1, 0.15) is 5.84 Å². The molecule has 0 aromatic heterocycles. The number of hydrogen-bond acceptors (Lipinski definition) is 4. The summed E-state index contributed by atoms with van der Waals surface area (Å²) in [5, 5.41) is 7.05. The molecule has 0 radical (unpaired) electrons. The summed E-state index contributed by atoms with van der Waals surface area (Å²) in [6.45, 7) is 15.8. The van der Waals surface area contributed by atoms with Gasteiger partial charge in [-0.05, 0) is 65.0 Å². The lowest BCUT2D eigenvalue weighted by Gasteiger charge is -2.27. The van der Waals surface area contributed by atoms with Crippen molar-refractivity contribution >= 4 is 24.0 Å². The lowest BCUT2D eigenvalue weighted by Crippen LogP contribution is -2.27. The summed E-state index contributed by atoms with van der Waals surface area (Å²) in [5.41, 5.74) is 3.11.